The largest absolute Gasteiger partial charge is 0.361 e. The van der Waals surface area contributed by atoms with E-state index in [9.17, 15) is 0 Å². The van der Waals surface area contributed by atoms with E-state index in [0.717, 1.165) is 35.5 Å². The molecule has 0 saturated carbocycles. The Balaban J connectivity index is 1.74. The second-order valence-corrected chi connectivity index (χ2v) is 6.21. The topological polar surface area (TPSA) is 42.2 Å². The maximum Gasteiger partial charge on any atom is 0.156 e. The zero-order valence-corrected chi connectivity index (χ0v) is 12.2. The van der Waals surface area contributed by atoms with Crippen molar-refractivity contribution < 1.29 is 0 Å². The number of thioether (sulfide) groups is 1. The third-order valence-corrected chi connectivity index (χ3v) is 3.99. The summed E-state index contributed by atoms with van der Waals surface area (Å²) in [5.74, 6) is 1.90. The van der Waals surface area contributed by atoms with Crippen LogP contribution in [0.3, 0.4) is 0 Å². The zero-order valence-electron chi connectivity index (χ0n) is 11.4. The van der Waals surface area contributed by atoms with Gasteiger partial charge in [-0.25, -0.2) is 0 Å². The number of aromatic nitrogens is 2. The Bertz CT molecular complexity index is 411. The molecule has 1 atom stereocenters. The van der Waals surface area contributed by atoms with Crippen molar-refractivity contribution in [1.82, 2.24) is 15.1 Å². The first-order chi connectivity index (χ1) is 8.63. The highest BCUT2D eigenvalue weighted by Crippen LogP contribution is 2.18. The monoisotopic (exact) mass is 266 g/mol. The van der Waals surface area contributed by atoms with Crippen molar-refractivity contribution in [1.29, 1.82) is 0 Å². The number of nitrogens with one attached hydrogen (secondary N) is 1. The van der Waals surface area contributed by atoms with Crippen molar-refractivity contribution in [3.63, 3.8) is 0 Å². The molecule has 0 aromatic carbocycles. The molecular weight excluding hydrogens is 244 g/mol. The van der Waals surface area contributed by atoms with Crippen molar-refractivity contribution in [3.8, 4) is 0 Å². The molecule has 1 aliphatic heterocycles. The highest BCUT2D eigenvalue weighted by Gasteiger charge is 2.20. The summed E-state index contributed by atoms with van der Waals surface area (Å²) in [6.45, 7) is 5.35. The van der Waals surface area contributed by atoms with Gasteiger partial charge >= 0.3 is 0 Å². The second kappa shape index (κ2) is 6.27. The van der Waals surface area contributed by atoms with Gasteiger partial charge in [0.25, 0.3) is 0 Å². The van der Waals surface area contributed by atoms with Crippen LogP contribution in [0.15, 0.2) is 17.3 Å². The second-order valence-electron chi connectivity index (χ2n) is 5.20. The first-order valence-corrected chi connectivity index (χ1v) is 7.54. The minimum absolute atomic E-state index is 0.601. The highest BCUT2D eigenvalue weighted by molar-refractivity contribution is 8.14. The number of nitrogens with zero attached hydrogens (tertiary/aromatic N) is 3. The van der Waals surface area contributed by atoms with Gasteiger partial charge in [-0.3, -0.25) is 9.67 Å². The van der Waals surface area contributed by atoms with E-state index in [0.29, 0.717) is 6.04 Å². The van der Waals surface area contributed by atoms with Crippen LogP contribution >= 0.6 is 11.8 Å². The molecule has 1 unspecified atom stereocenters. The molecular formula is C13H22N4S. The summed E-state index contributed by atoms with van der Waals surface area (Å²) in [5.41, 5.74) is 1.11. The summed E-state index contributed by atoms with van der Waals surface area (Å²) < 4.78 is 1.84. The molecule has 1 saturated heterocycles. The third kappa shape index (κ3) is 4.05. The van der Waals surface area contributed by atoms with Crippen LogP contribution in [0.25, 0.3) is 0 Å². The molecule has 1 fully saturated rings. The fourth-order valence-corrected chi connectivity index (χ4v) is 3.10. The van der Waals surface area contributed by atoms with E-state index >= 15 is 0 Å². The highest BCUT2D eigenvalue weighted by atomic mass is 32.2. The minimum Gasteiger partial charge on any atom is -0.361 e. The van der Waals surface area contributed by atoms with Gasteiger partial charge in [0.1, 0.15) is 0 Å². The summed E-state index contributed by atoms with van der Waals surface area (Å²) in [6, 6.07) is 2.65. The van der Waals surface area contributed by atoms with E-state index in [1.807, 2.05) is 29.7 Å². The number of hydrogen-bond donors (Lipinski definition) is 1. The number of rotatable bonds is 5. The standard InChI is InChI=1S/C13H22N4S/c1-10(2)8-12-9-18-13(15-12)14-6-4-11-5-7-17(3)16-11/h5,7,10,12H,4,6,8-9H2,1-3H3,(H,14,15). The lowest BCUT2D eigenvalue weighted by Crippen LogP contribution is -2.28. The summed E-state index contributed by atoms with van der Waals surface area (Å²) in [7, 11) is 1.94. The Hall–Kier alpha value is -0.970. The Morgan fingerprint density at radius 1 is 1.61 bits per heavy atom. The molecule has 0 bridgehead atoms. The molecule has 4 nitrogen and oxygen atoms in total. The van der Waals surface area contributed by atoms with E-state index in [2.05, 4.69) is 35.3 Å². The lowest BCUT2D eigenvalue weighted by Gasteiger charge is -2.11. The predicted octanol–water partition coefficient (Wildman–Crippen LogP) is 2.07. The van der Waals surface area contributed by atoms with Gasteiger partial charge in [-0.1, -0.05) is 25.6 Å². The summed E-state index contributed by atoms with van der Waals surface area (Å²) >= 11 is 1.85. The maximum atomic E-state index is 4.60. The van der Waals surface area contributed by atoms with Crippen molar-refractivity contribution in [2.24, 2.45) is 18.0 Å². The van der Waals surface area contributed by atoms with Crippen molar-refractivity contribution in [2.45, 2.75) is 32.7 Å². The van der Waals surface area contributed by atoms with Gasteiger partial charge in [-0.15, -0.1) is 0 Å². The number of aliphatic imine (C=N–C) groups is 1. The van der Waals surface area contributed by atoms with E-state index in [4.69, 9.17) is 0 Å². The van der Waals surface area contributed by atoms with Gasteiger partial charge < -0.3 is 5.32 Å². The summed E-state index contributed by atoms with van der Waals surface area (Å²) in [5, 5.41) is 8.96. The Morgan fingerprint density at radius 3 is 3.11 bits per heavy atom. The molecule has 1 aliphatic rings. The van der Waals surface area contributed by atoms with Gasteiger partial charge in [0.05, 0.1) is 5.69 Å². The quantitative estimate of drug-likeness (QED) is 0.887. The van der Waals surface area contributed by atoms with Crippen LogP contribution in [0.4, 0.5) is 0 Å². The third-order valence-electron chi connectivity index (χ3n) is 2.90. The Kier molecular flexibility index (Phi) is 4.69. The van der Waals surface area contributed by atoms with Crippen LogP contribution in [0.5, 0.6) is 0 Å². The van der Waals surface area contributed by atoms with Gasteiger partial charge in [-0.05, 0) is 18.4 Å². The van der Waals surface area contributed by atoms with Crippen molar-refractivity contribution in [2.75, 3.05) is 12.3 Å². The molecule has 18 heavy (non-hydrogen) atoms. The molecule has 1 N–H and O–H groups in total. The lowest BCUT2D eigenvalue weighted by molar-refractivity contribution is 0.502. The molecule has 2 heterocycles. The molecule has 100 valence electrons. The van der Waals surface area contributed by atoms with E-state index in [-0.39, 0.29) is 0 Å². The zero-order chi connectivity index (χ0) is 13.0. The number of hydrogen-bond acceptors (Lipinski definition) is 3. The smallest absolute Gasteiger partial charge is 0.156 e. The molecule has 1 aromatic rings. The normalized spacial score (nSPS) is 21.8. The first kappa shape index (κ1) is 13.5. The molecule has 5 heteroatoms. The van der Waals surface area contributed by atoms with Crippen LogP contribution in [-0.4, -0.2) is 33.3 Å². The maximum absolute atomic E-state index is 4.60. The molecule has 2 rings (SSSR count). The van der Waals surface area contributed by atoms with Crippen molar-refractivity contribution >= 4 is 16.9 Å². The minimum atomic E-state index is 0.601. The number of amidine groups is 1. The van der Waals surface area contributed by atoms with Gasteiger partial charge in [0.15, 0.2) is 5.17 Å². The van der Waals surface area contributed by atoms with E-state index in [1.165, 1.54) is 6.42 Å². The summed E-state index contributed by atoms with van der Waals surface area (Å²) in [6.07, 6.45) is 4.12. The number of aryl methyl sites for hydroxylation is 1. The van der Waals surface area contributed by atoms with E-state index < -0.39 is 0 Å². The van der Waals surface area contributed by atoms with Crippen LogP contribution < -0.4 is 5.32 Å². The predicted molar refractivity (Wildman–Crippen MR) is 78.1 cm³/mol. The molecule has 0 amide bonds. The molecule has 0 aliphatic carbocycles. The fourth-order valence-electron chi connectivity index (χ4n) is 2.09. The van der Waals surface area contributed by atoms with Gasteiger partial charge in [-0.2, -0.15) is 5.10 Å². The lowest BCUT2D eigenvalue weighted by atomic mass is 10.1. The Labute approximate surface area is 113 Å². The molecule has 0 radical (unpaired) electrons. The van der Waals surface area contributed by atoms with E-state index in [1.54, 1.807) is 0 Å². The van der Waals surface area contributed by atoms with Crippen LogP contribution in [0.1, 0.15) is 26.0 Å². The van der Waals surface area contributed by atoms with Crippen LogP contribution in [0, 0.1) is 5.92 Å². The van der Waals surface area contributed by atoms with Crippen LogP contribution in [0.2, 0.25) is 0 Å². The molecule has 1 aromatic heterocycles. The average Bonchev–Trinajstić information content (AvgIpc) is 2.88. The summed E-state index contributed by atoms with van der Waals surface area (Å²) in [4.78, 5) is 4.60. The Morgan fingerprint density at radius 2 is 2.44 bits per heavy atom. The van der Waals surface area contributed by atoms with Gasteiger partial charge in [0.2, 0.25) is 0 Å². The average molecular weight is 266 g/mol. The van der Waals surface area contributed by atoms with Crippen molar-refractivity contribution in [3.05, 3.63) is 18.0 Å². The fraction of sp³-hybridized carbons (Fsp3) is 0.692. The van der Waals surface area contributed by atoms with Crippen LogP contribution in [-0.2, 0) is 13.5 Å². The SMILES string of the molecule is CC(C)CC1CSC(=NCCc2ccn(C)n2)N1. The first-order valence-electron chi connectivity index (χ1n) is 6.56. The molecule has 0 spiro atoms. The van der Waals surface area contributed by atoms with Gasteiger partial charge in [0, 0.05) is 38.0 Å².